The number of carbonyl (C=O) groups excluding carboxylic acids is 1. The molecule has 0 aliphatic rings. The van der Waals surface area contributed by atoms with Crippen LogP contribution in [0.2, 0.25) is 0 Å². The summed E-state index contributed by atoms with van der Waals surface area (Å²) in [4.78, 5) is 14.0. The summed E-state index contributed by atoms with van der Waals surface area (Å²) in [5.74, 6) is -0.524. The molecule has 0 saturated heterocycles. The molecular weight excluding hydrogens is 318 g/mol. The minimum atomic E-state index is -3.41. The van der Waals surface area contributed by atoms with Crippen molar-refractivity contribution in [2.45, 2.75) is 22.0 Å². The molecule has 0 spiro atoms. The number of anilines is 1. The van der Waals surface area contributed by atoms with Crippen LogP contribution in [0.15, 0.2) is 64.4 Å². The van der Waals surface area contributed by atoms with Crippen LogP contribution < -0.4 is 5.32 Å². The van der Waals surface area contributed by atoms with Gasteiger partial charge < -0.3 is 5.32 Å². The zero-order valence-corrected chi connectivity index (χ0v) is 13.9. The number of amides is 1. The first-order chi connectivity index (χ1) is 10.4. The molecule has 0 unspecified atom stereocenters. The molecule has 0 heterocycles. The van der Waals surface area contributed by atoms with E-state index in [4.69, 9.17) is 0 Å². The van der Waals surface area contributed by atoms with Gasteiger partial charge in [0.1, 0.15) is 5.25 Å². The van der Waals surface area contributed by atoms with Crippen LogP contribution in [-0.2, 0) is 14.6 Å². The molecule has 0 bridgehead atoms. The molecule has 116 valence electrons. The molecule has 0 aromatic heterocycles. The fourth-order valence-electron chi connectivity index (χ4n) is 1.70. The molecule has 2 aromatic rings. The van der Waals surface area contributed by atoms with Gasteiger partial charge in [0.25, 0.3) is 0 Å². The van der Waals surface area contributed by atoms with E-state index in [2.05, 4.69) is 5.32 Å². The Kier molecular flexibility index (Phi) is 5.26. The number of carbonyl (C=O) groups is 1. The van der Waals surface area contributed by atoms with Crippen molar-refractivity contribution >= 4 is 33.2 Å². The topological polar surface area (TPSA) is 63.2 Å². The van der Waals surface area contributed by atoms with Crippen LogP contribution in [0.25, 0.3) is 0 Å². The summed E-state index contributed by atoms with van der Waals surface area (Å²) < 4.78 is 22.9. The Morgan fingerprint density at radius 3 is 2.27 bits per heavy atom. The SMILES string of the molecule is C[C@@H](C(=O)Nc1ccccc1Sc1ccccc1)S(C)(=O)=O. The number of hydrogen-bond acceptors (Lipinski definition) is 4. The summed E-state index contributed by atoms with van der Waals surface area (Å²) in [6.45, 7) is 1.39. The van der Waals surface area contributed by atoms with Gasteiger partial charge in [-0.2, -0.15) is 0 Å². The van der Waals surface area contributed by atoms with Crippen molar-refractivity contribution in [3.8, 4) is 0 Å². The number of sulfone groups is 1. The largest absolute Gasteiger partial charge is 0.324 e. The second kappa shape index (κ2) is 6.98. The summed E-state index contributed by atoms with van der Waals surface area (Å²) in [6.07, 6.45) is 1.06. The van der Waals surface area contributed by atoms with Crippen LogP contribution in [0, 0.1) is 0 Å². The number of nitrogens with one attached hydrogen (secondary N) is 1. The van der Waals surface area contributed by atoms with Crippen LogP contribution in [0.5, 0.6) is 0 Å². The van der Waals surface area contributed by atoms with Gasteiger partial charge in [-0.1, -0.05) is 42.1 Å². The van der Waals surface area contributed by atoms with Crippen LogP contribution in [0.1, 0.15) is 6.92 Å². The first kappa shape index (κ1) is 16.6. The molecular formula is C16H17NO3S2. The van der Waals surface area contributed by atoms with E-state index < -0.39 is 21.0 Å². The molecule has 4 nitrogen and oxygen atoms in total. The third kappa shape index (κ3) is 4.35. The third-order valence-electron chi connectivity index (χ3n) is 3.13. The molecule has 22 heavy (non-hydrogen) atoms. The summed E-state index contributed by atoms with van der Waals surface area (Å²) in [5.41, 5.74) is 0.608. The van der Waals surface area contributed by atoms with E-state index in [1.54, 1.807) is 12.1 Å². The van der Waals surface area contributed by atoms with Crippen molar-refractivity contribution in [3.63, 3.8) is 0 Å². The lowest BCUT2D eigenvalue weighted by Crippen LogP contribution is -2.31. The maximum absolute atomic E-state index is 12.1. The van der Waals surface area contributed by atoms with Crippen LogP contribution in [0.3, 0.4) is 0 Å². The Balaban J connectivity index is 2.20. The van der Waals surface area contributed by atoms with Gasteiger partial charge in [-0.15, -0.1) is 0 Å². The average Bonchev–Trinajstić information content (AvgIpc) is 2.48. The first-order valence-electron chi connectivity index (χ1n) is 6.69. The minimum absolute atomic E-state index is 0.524. The molecule has 0 aliphatic heterocycles. The minimum Gasteiger partial charge on any atom is -0.324 e. The first-order valence-corrected chi connectivity index (χ1v) is 9.46. The summed E-state index contributed by atoms with van der Waals surface area (Å²) in [5, 5.41) is 1.62. The summed E-state index contributed by atoms with van der Waals surface area (Å²) >= 11 is 1.51. The lowest BCUT2D eigenvalue weighted by molar-refractivity contribution is -0.115. The second-order valence-electron chi connectivity index (χ2n) is 4.87. The summed E-state index contributed by atoms with van der Waals surface area (Å²) in [6, 6.07) is 17.1. The number of benzene rings is 2. The molecule has 6 heteroatoms. The van der Waals surface area contributed by atoms with Gasteiger partial charge in [-0.05, 0) is 31.2 Å². The normalized spacial score (nSPS) is 12.6. The monoisotopic (exact) mass is 335 g/mol. The highest BCUT2D eigenvalue weighted by Crippen LogP contribution is 2.33. The van der Waals surface area contributed by atoms with Gasteiger partial charge >= 0.3 is 0 Å². The lowest BCUT2D eigenvalue weighted by atomic mass is 10.3. The Hall–Kier alpha value is -1.79. The number of hydrogen-bond donors (Lipinski definition) is 1. The average molecular weight is 335 g/mol. The molecule has 1 atom stereocenters. The highest BCUT2D eigenvalue weighted by molar-refractivity contribution is 7.99. The van der Waals surface area contributed by atoms with Gasteiger partial charge in [0.2, 0.25) is 5.91 Å². The molecule has 0 aliphatic carbocycles. The zero-order chi connectivity index (χ0) is 16.2. The van der Waals surface area contributed by atoms with E-state index in [1.165, 1.54) is 18.7 Å². The maximum atomic E-state index is 12.1. The smallest absolute Gasteiger partial charge is 0.242 e. The van der Waals surface area contributed by atoms with E-state index in [9.17, 15) is 13.2 Å². The van der Waals surface area contributed by atoms with Gasteiger partial charge in [0.15, 0.2) is 9.84 Å². The quantitative estimate of drug-likeness (QED) is 0.911. The van der Waals surface area contributed by atoms with E-state index in [0.29, 0.717) is 5.69 Å². The van der Waals surface area contributed by atoms with Crippen LogP contribution in [0.4, 0.5) is 5.69 Å². The van der Waals surface area contributed by atoms with Crippen molar-refractivity contribution in [2.75, 3.05) is 11.6 Å². The van der Waals surface area contributed by atoms with Crippen molar-refractivity contribution < 1.29 is 13.2 Å². The molecule has 2 rings (SSSR count). The molecule has 0 fully saturated rings. The third-order valence-corrected chi connectivity index (χ3v) is 5.71. The van der Waals surface area contributed by atoms with Crippen molar-refractivity contribution in [2.24, 2.45) is 0 Å². The van der Waals surface area contributed by atoms with E-state index in [0.717, 1.165) is 16.0 Å². The molecule has 1 N–H and O–H groups in total. The molecule has 2 aromatic carbocycles. The van der Waals surface area contributed by atoms with E-state index in [-0.39, 0.29) is 0 Å². The standard InChI is InChI=1S/C16H17NO3S2/c1-12(22(2,19)20)16(18)17-14-10-6-7-11-15(14)21-13-8-4-3-5-9-13/h3-12H,1-2H3,(H,17,18)/t12-/m0/s1. The lowest BCUT2D eigenvalue weighted by Gasteiger charge is -2.13. The van der Waals surface area contributed by atoms with Gasteiger partial charge in [0, 0.05) is 16.0 Å². The second-order valence-corrected chi connectivity index (χ2v) is 8.35. The van der Waals surface area contributed by atoms with E-state index >= 15 is 0 Å². The molecule has 0 radical (unpaired) electrons. The molecule has 1 amide bonds. The number of rotatable bonds is 5. The summed E-state index contributed by atoms with van der Waals surface area (Å²) in [7, 11) is -3.41. The Labute approximate surface area is 134 Å². The Morgan fingerprint density at radius 2 is 1.64 bits per heavy atom. The molecule has 0 saturated carbocycles. The van der Waals surface area contributed by atoms with Crippen molar-refractivity contribution in [1.82, 2.24) is 0 Å². The number of para-hydroxylation sites is 1. The van der Waals surface area contributed by atoms with Crippen molar-refractivity contribution in [3.05, 3.63) is 54.6 Å². The zero-order valence-electron chi connectivity index (χ0n) is 12.3. The van der Waals surface area contributed by atoms with Gasteiger partial charge in [-0.25, -0.2) is 8.42 Å². The Morgan fingerprint density at radius 1 is 1.05 bits per heavy atom. The van der Waals surface area contributed by atoms with Crippen molar-refractivity contribution in [1.29, 1.82) is 0 Å². The maximum Gasteiger partial charge on any atom is 0.242 e. The van der Waals surface area contributed by atoms with Crippen LogP contribution in [-0.4, -0.2) is 25.8 Å². The van der Waals surface area contributed by atoms with Gasteiger partial charge in [-0.3, -0.25) is 4.79 Å². The highest BCUT2D eigenvalue weighted by Gasteiger charge is 2.24. The fourth-order valence-corrected chi connectivity index (χ4v) is 3.07. The fraction of sp³-hybridized carbons (Fsp3) is 0.188. The van der Waals surface area contributed by atoms with E-state index in [1.807, 2.05) is 42.5 Å². The van der Waals surface area contributed by atoms with Crippen LogP contribution >= 0.6 is 11.8 Å². The van der Waals surface area contributed by atoms with Gasteiger partial charge in [0.05, 0.1) is 5.69 Å². The Bertz CT molecular complexity index is 758. The highest BCUT2D eigenvalue weighted by atomic mass is 32.2. The predicted molar refractivity (Wildman–Crippen MR) is 89.9 cm³/mol. The predicted octanol–water partition coefficient (Wildman–Crippen LogP) is 3.21.